The van der Waals surface area contributed by atoms with E-state index in [1.54, 1.807) is 0 Å². The summed E-state index contributed by atoms with van der Waals surface area (Å²) < 4.78 is 21.1. The van der Waals surface area contributed by atoms with E-state index in [2.05, 4.69) is 4.74 Å². The van der Waals surface area contributed by atoms with Crippen molar-refractivity contribution in [3.8, 4) is 0 Å². The molecular weight excluding hydrogens is 324 g/mol. The van der Waals surface area contributed by atoms with Crippen LogP contribution in [0.4, 0.5) is 0 Å². The van der Waals surface area contributed by atoms with Gasteiger partial charge in [0.25, 0.3) is 0 Å². The summed E-state index contributed by atoms with van der Waals surface area (Å²) in [5, 5.41) is 0. The fourth-order valence-corrected chi connectivity index (χ4v) is 3.21. The van der Waals surface area contributed by atoms with E-state index in [0.717, 1.165) is 5.56 Å². The monoisotopic (exact) mass is 350 g/mol. The SMILES string of the molecule is COC(=O)CCC1(C(=O)OC)CC(C)(CCOCc2ccccc2)O1. The van der Waals surface area contributed by atoms with Gasteiger partial charge in [-0.1, -0.05) is 30.3 Å². The van der Waals surface area contributed by atoms with E-state index in [9.17, 15) is 9.59 Å². The van der Waals surface area contributed by atoms with E-state index in [1.807, 2.05) is 37.3 Å². The van der Waals surface area contributed by atoms with Crippen LogP contribution in [0.15, 0.2) is 30.3 Å². The third-order valence-corrected chi connectivity index (χ3v) is 4.51. The topological polar surface area (TPSA) is 71.1 Å². The van der Waals surface area contributed by atoms with E-state index < -0.39 is 17.2 Å². The van der Waals surface area contributed by atoms with Crippen molar-refractivity contribution in [2.75, 3.05) is 20.8 Å². The second kappa shape index (κ2) is 8.45. The molecule has 0 N–H and O–H groups in total. The molecule has 138 valence electrons. The maximum Gasteiger partial charge on any atom is 0.338 e. The lowest BCUT2D eigenvalue weighted by Crippen LogP contribution is -2.63. The van der Waals surface area contributed by atoms with Crippen LogP contribution in [-0.4, -0.2) is 44.0 Å². The second-order valence-electron chi connectivity index (χ2n) is 6.58. The first kappa shape index (κ1) is 19.4. The molecule has 0 amide bonds. The minimum atomic E-state index is -1.06. The number of carbonyl (C=O) groups is 2. The fourth-order valence-electron chi connectivity index (χ4n) is 3.21. The number of ether oxygens (including phenoxy) is 4. The Hall–Kier alpha value is -1.92. The third kappa shape index (κ3) is 5.03. The molecule has 1 aliphatic rings. The lowest BCUT2D eigenvalue weighted by molar-refractivity contribution is -0.273. The van der Waals surface area contributed by atoms with E-state index in [0.29, 0.717) is 26.1 Å². The Labute approximate surface area is 148 Å². The molecule has 1 aromatic carbocycles. The number of rotatable bonds is 9. The molecule has 2 rings (SSSR count). The summed E-state index contributed by atoms with van der Waals surface area (Å²) in [5.41, 5.74) is -0.401. The highest BCUT2D eigenvalue weighted by Gasteiger charge is 2.58. The average molecular weight is 350 g/mol. The number of benzene rings is 1. The summed E-state index contributed by atoms with van der Waals surface area (Å²) in [7, 11) is 2.65. The number of esters is 2. The number of methoxy groups -OCH3 is 2. The molecule has 2 atom stereocenters. The van der Waals surface area contributed by atoms with Crippen molar-refractivity contribution in [2.45, 2.75) is 50.4 Å². The lowest BCUT2D eigenvalue weighted by Gasteiger charge is -2.52. The minimum absolute atomic E-state index is 0.117. The van der Waals surface area contributed by atoms with Crippen LogP contribution in [-0.2, 0) is 35.1 Å². The van der Waals surface area contributed by atoms with Gasteiger partial charge in [-0.15, -0.1) is 0 Å². The minimum Gasteiger partial charge on any atom is -0.469 e. The predicted molar refractivity (Wildman–Crippen MR) is 90.8 cm³/mol. The molecule has 1 fully saturated rings. The molecule has 1 aromatic rings. The molecule has 1 aliphatic heterocycles. The maximum absolute atomic E-state index is 12.1. The van der Waals surface area contributed by atoms with Crippen LogP contribution in [0, 0.1) is 0 Å². The van der Waals surface area contributed by atoms with Crippen molar-refractivity contribution in [2.24, 2.45) is 0 Å². The summed E-state index contributed by atoms with van der Waals surface area (Å²) in [5.74, 6) is -0.814. The second-order valence-corrected chi connectivity index (χ2v) is 6.58. The number of hydrogen-bond donors (Lipinski definition) is 0. The Balaban J connectivity index is 1.80. The van der Waals surface area contributed by atoms with Crippen LogP contribution < -0.4 is 0 Å². The Morgan fingerprint density at radius 1 is 1.12 bits per heavy atom. The molecule has 25 heavy (non-hydrogen) atoms. The van der Waals surface area contributed by atoms with Gasteiger partial charge in [0.15, 0.2) is 5.60 Å². The molecule has 0 spiro atoms. The van der Waals surface area contributed by atoms with Crippen LogP contribution in [0.2, 0.25) is 0 Å². The average Bonchev–Trinajstić information content (AvgIpc) is 2.61. The highest BCUT2D eigenvalue weighted by atomic mass is 16.6. The van der Waals surface area contributed by atoms with E-state index in [-0.39, 0.29) is 18.8 Å². The van der Waals surface area contributed by atoms with Gasteiger partial charge in [-0.2, -0.15) is 0 Å². The zero-order chi connectivity index (χ0) is 18.3. The highest BCUT2D eigenvalue weighted by molar-refractivity contribution is 5.82. The molecule has 1 heterocycles. The lowest BCUT2D eigenvalue weighted by atomic mass is 9.76. The van der Waals surface area contributed by atoms with Crippen molar-refractivity contribution in [3.05, 3.63) is 35.9 Å². The van der Waals surface area contributed by atoms with E-state index in [1.165, 1.54) is 14.2 Å². The normalized spacial score (nSPS) is 25.1. The van der Waals surface area contributed by atoms with E-state index in [4.69, 9.17) is 14.2 Å². The highest BCUT2D eigenvalue weighted by Crippen LogP contribution is 2.47. The van der Waals surface area contributed by atoms with Gasteiger partial charge in [0.1, 0.15) is 0 Å². The Morgan fingerprint density at radius 3 is 2.40 bits per heavy atom. The molecule has 2 unspecified atom stereocenters. The maximum atomic E-state index is 12.1. The molecule has 6 nitrogen and oxygen atoms in total. The van der Waals surface area contributed by atoms with Crippen molar-refractivity contribution < 1.29 is 28.5 Å². The van der Waals surface area contributed by atoms with Crippen molar-refractivity contribution in [1.29, 1.82) is 0 Å². The van der Waals surface area contributed by atoms with Gasteiger partial charge in [0.05, 0.1) is 26.4 Å². The van der Waals surface area contributed by atoms with Crippen LogP contribution >= 0.6 is 0 Å². The molecule has 0 saturated carbocycles. The largest absolute Gasteiger partial charge is 0.469 e. The zero-order valence-electron chi connectivity index (χ0n) is 15.1. The van der Waals surface area contributed by atoms with Crippen LogP contribution in [0.25, 0.3) is 0 Å². The van der Waals surface area contributed by atoms with Gasteiger partial charge in [-0.25, -0.2) is 4.79 Å². The molecule has 0 aromatic heterocycles. The van der Waals surface area contributed by atoms with Crippen molar-refractivity contribution in [3.63, 3.8) is 0 Å². The van der Waals surface area contributed by atoms with Gasteiger partial charge in [-0.05, 0) is 25.3 Å². The van der Waals surface area contributed by atoms with Crippen molar-refractivity contribution in [1.82, 2.24) is 0 Å². The third-order valence-electron chi connectivity index (χ3n) is 4.51. The number of carbonyl (C=O) groups excluding carboxylic acids is 2. The Morgan fingerprint density at radius 2 is 1.80 bits per heavy atom. The Bertz CT molecular complexity index is 577. The molecule has 0 bridgehead atoms. The summed E-state index contributed by atoms with van der Waals surface area (Å²) in [6.45, 7) is 3.01. The van der Waals surface area contributed by atoms with Crippen LogP contribution in [0.5, 0.6) is 0 Å². The molecule has 6 heteroatoms. The molecule has 0 radical (unpaired) electrons. The van der Waals surface area contributed by atoms with Gasteiger partial charge in [0.2, 0.25) is 0 Å². The summed E-state index contributed by atoms with van der Waals surface area (Å²) in [6, 6.07) is 9.93. The quantitative estimate of drug-likeness (QED) is 0.504. The first-order valence-corrected chi connectivity index (χ1v) is 8.40. The first-order valence-electron chi connectivity index (χ1n) is 8.40. The first-order chi connectivity index (χ1) is 11.9. The van der Waals surface area contributed by atoms with Gasteiger partial charge in [-0.3, -0.25) is 4.79 Å². The number of hydrogen-bond acceptors (Lipinski definition) is 6. The summed E-state index contributed by atoms with van der Waals surface area (Å²) in [6.07, 6.45) is 1.54. The standard InChI is InChI=1S/C19H26O6/c1-18(11-12-24-13-15-7-5-4-6-8-15)14-19(25-18,17(21)23-3)10-9-16(20)22-2/h4-8H,9-14H2,1-3H3. The molecule has 1 saturated heterocycles. The molecule has 0 aliphatic carbocycles. The zero-order valence-corrected chi connectivity index (χ0v) is 15.1. The van der Waals surface area contributed by atoms with Gasteiger partial charge >= 0.3 is 11.9 Å². The van der Waals surface area contributed by atoms with Gasteiger partial charge < -0.3 is 18.9 Å². The van der Waals surface area contributed by atoms with Crippen molar-refractivity contribution >= 4 is 11.9 Å². The van der Waals surface area contributed by atoms with Crippen LogP contribution in [0.1, 0.15) is 38.2 Å². The van der Waals surface area contributed by atoms with Gasteiger partial charge in [0, 0.05) is 19.4 Å². The summed E-state index contributed by atoms with van der Waals surface area (Å²) in [4.78, 5) is 23.5. The fraction of sp³-hybridized carbons (Fsp3) is 0.579. The molecular formula is C19H26O6. The predicted octanol–water partition coefficient (Wildman–Crippen LogP) is 2.64. The summed E-state index contributed by atoms with van der Waals surface area (Å²) >= 11 is 0. The Kier molecular flexibility index (Phi) is 6.56. The smallest absolute Gasteiger partial charge is 0.338 e. The van der Waals surface area contributed by atoms with Crippen LogP contribution in [0.3, 0.4) is 0 Å². The van der Waals surface area contributed by atoms with E-state index >= 15 is 0 Å².